The Morgan fingerprint density at radius 1 is 1.08 bits per heavy atom. The molecule has 5 nitrogen and oxygen atoms in total. The zero-order valence-corrected chi connectivity index (χ0v) is 21.5. The molecule has 2 aromatic rings. The lowest BCUT2D eigenvalue weighted by molar-refractivity contribution is -0.161. The van der Waals surface area contributed by atoms with Crippen LogP contribution in [0.5, 0.6) is 11.5 Å². The Morgan fingerprint density at radius 3 is 2.39 bits per heavy atom. The minimum absolute atomic E-state index is 0.132. The smallest absolute Gasteiger partial charge is 0.317 e. The van der Waals surface area contributed by atoms with E-state index < -0.39 is 5.82 Å². The van der Waals surface area contributed by atoms with Gasteiger partial charge in [-0.2, -0.15) is 0 Å². The molecule has 4 bridgehead atoms. The van der Waals surface area contributed by atoms with Crippen LogP contribution >= 0.6 is 24.0 Å². The molecule has 0 atom stereocenters. The van der Waals surface area contributed by atoms with Gasteiger partial charge in [-0.05, 0) is 92.2 Å². The summed E-state index contributed by atoms with van der Waals surface area (Å²) in [5.41, 5.74) is 0.461. The number of hydrogen-bond donors (Lipinski definition) is 0. The number of esters is 1. The van der Waals surface area contributed by atoms with Crippen molar-refractivity contribution in [1.29, 1.82) is 0 Å². The van der Waals surface area contributed by atoms with Crippen molar-refractivity contribution in [1.82, 2.24) is 0 Å². The van der Waals surface area contributed by atoms with E-state index in [1.165, 1.54) is 43.4 Å². The van der Waals surface area contributed by atoms with Gasteiger partial charge < -0.3 is 9.47 Å². The first kappa shape index (κ1) is 23.7. The number of anilines is 1. The average molecular weight is 524 g/mol. The Balaban J connectivity index is 1.22. The highest BCUT2D eigenvalue weighted by Gasteiger charge is 2.55. The van der Waals surface area contributed by atoms with E-state index in [2.05, 4.69) is 0 Å². The number of hydrogen-bond acceptors (Lipinski definition) is 6. The molecule has 4 saturated carbocycles. The van der Waals surface area contributed by atoms with E-state index in [-0.39, 0.29) is 27.3 Å². The Hall–Kier alpha value is -2.71. The standard InChI is InChI=1S/C28H26FNO4S2/c1-33-23-11-16(12-24-25(31)30(27(35)36-24)21-5-3-2-4-20(21)29)6-7-22(23)34-26(32)28-13-17-8-18(14-28)10-19(9-17)15-28/h2-7,11-12,17-19H,8-10,13-15H2,1H3/b24-12+. The van der Waals surface area contributed by atoms with E-state index >= 15 is 0 Å². The zero-order valence-electron chi connectivity index (χ0n) is 19.9. The van der Waals surface area contributed by atoms with E-state index in [0.29, 0.717) is 39.7 Å². The summed E-state index contributed by atoms with van der Waals surface area (Å²) in [6.07, 6.45) is 8.26. The fourth-order valence-corrected chi connectivity index (χ4v) is 8.17. The number of para-hydroxylation sites is 1. The second-order valence-corrected chi connectivity index (χ2v) is 12.1. The number of nitrogens with zero attached hydrogens (tertiary/aromatic N) is 1. The predicted octanol–water partition coefficient (Wildman–Crippen LogP) is 6.36. The largest absolute Gasteiger partial charge is 0.493 e. The summed E-state index contributed by atoms with van der Waals surface area (Å²) in [4.78, 5) is 28.0. The van der Waals surface area contributed by atoms with Gasteiger partial charge in [-0.15, -0.1) is 0 Å². The van der Waals surface area contributed by atoms with Crippen molar-refractivity contribution in [2.24, 2.45) is 23.2 Å². The van der Waals surface area contributed by atoms with E-state index in [9.17, 15) is 14.0 Å². The monoisotopic (exact) mass is 523 g/mol. The van der Waals surface area contributed by atoms with Gasteiger partial charge in [0.15, 0.2) is 15.8 Å². The van der Waals surface area contributed by atoms with Crippen molar-refractivity contribution in [2.45, 2.75) is 38.5 Å². The summed E-state index contributed by atoms with van der Waals surface area (Å²) in [7, 11) is 1.53. The van der Waals surface area contributed by atoms with Crippen molar-refractivity contribution in [2.75, 3.05) is 12.0 Å². The predicted molar refractivity (Wildman–Crippen MR) is 141 cm³/mol. The lowest BCUT2D eigenvalue weighted by Gasteiger charge is -2.55. The normalized spacial score (nSPS) is 29.8. The molecule has 8 heteroatoms. The van der Waals surface area contributed by atoms with Crippen LogP contribution in [0.25, 0.3) is 6.08 Å². The zero-order chi connectivity index (χ0) is 25.0. The Kier molecular flexibility index (Phi) is 5.91. The number of ether oxygens (including phenoxy) is 2. The Morgan fingerprint density at radius 2 is 1.75 bits per heavy atom. The van der Waals surface area contributed by atoms with E-state index in [1.807, 2.05) is 0 Å². The summed E-state index contributed by atoms with van der Waals surface area (Å²) in [6, 6.07) is 11.3. The third kappa shape index (κ3) is 4.04. The van der Waals surface area contributed by atoms with E-state index in [0.717, 1.165) is 31.0 Å². The van der Waals surface area contributed by atoms with Crippen molar-refractivity contribution in [3.63, 3.8) is 0 Å². The molecule has 0 spiro atoms. The molecule has 7 rings (SSSR count). The molecule has 1 aliphatic heterocycles. The number of halogens is 1. The summed E-state index contributed by atoms with van der Waals surface area (Å²) in [6.45, 7) is 0. The highest BCUT2D eigenvalue weighted by Crippen LogP contribution is 2.60. The number of carbonyl (C=O) groups is 2. The number of rotatable bonds is 5. The third-order valence-corrected chi connectivity index (χ3v) is 9.35. The van der Waals surface area contributed by atoms with Crippen LogP contribution in [0.15, 0.2) is 47.4 Å². The topological polar surface area (TPSA) is 55.8 Å². The molecule has 4 aliphatic carbocycles. The lowest BCUT2D eigenvalue weighted by atomic mass is 9.49. The number of amides is 1. The van der Waals surface area contributed by atoms with E-state index in [1.54, 1.807) is 36.4 Å². The van der Waals surface area contributed by atoms with Gasteiger partial charge in [0.1, 0.15) is 5.82 Å². The van der Waals surface area contributed by atoms with Crippen LogP contribution in [-0.2, 0) is 9.59 Å². The van der Waals surface area contributed by atoms with Gasteiger partial charge in [-0.3, -0.25) is 14.5 Å². The summed E-state index contributed by atoms with van der Waals surface area (Å²) in [5, 5.41) is 0. The molecule has 0 radical (unpaired) electrons. The SMILES string of the molecule is COc1cc(/C=C2/SC(=S)N(c3ccccc3F)C2=O)ccc1OC(=O)C12CC3CC(CC(C3)C1)C2. The molecule has 1 heterocycles. The fourth-order valence-electron chi connectivity index (χ4n) is 6.89. The molecule has 5 aliphatic rings. The first-order valence-corrected chi connectivity index (χ1v) is 13.5. The molecule has 36 heavy (non-hydrogen) atoms. The molecule has 186 valence electrons. The van der Waals surface area contributed by atoms with Gasteiger partial charge in [0.2, 0.25) is 0 Å². The molecular formula is C28H26FNO4S2. The van der Waals surface area contributed by atoms with Gasteiger partial charge >= 0.3 is 5.97 Å². The van der Waals surface area contributed by atoms with Crippen LogP contribution in [0.2, 0.25) is 0 Å². The van der Waals surface area contributed by atoms with Crippen LogP contribution in [0.3, 0.4) is 0 Å². The van der Waals surface area contributed by atoms with Gasteiger partial charge in [-0.25, -0.2) is 4.39 Å². The van der Waals surface area contributed by atoms with Crippen LogP contribution in [0, 0.1) is 29.0 Å². The Bertz CT molecular complexity index is 1270. The van der Waals surface area contributed by atoms with Crippen molar-refractivity contribution in [3.8, 4) is 11.5 Å². The second-order valence-electron chi connectivity index (χ2n) is 10.5. The number of thiocarbonyl (C=S) groups is 1. The van der Waals surface area contributed by atoms with Crippen LogP contribution in [0.4, 0.5) is 10.1 Å². The molecule has 0 aromatic heterocycles. The summed E-state index contributed by atoms with van der Waals surface area (Å²) >= 11 is 6.47. The number of methoxy groups -OCH3 is 1. The highest BCUT2D eigenvalue weighted by atomic mass is 32.2. The van der Waals surface area contributed by atoms with Crippen LogP contribution in [-0.4, -0.2) is 23.3 Å². The maximum atomic E-state index is 14.3. The second kappa shape index (κ2) is 8.99. The van der Waals surface area contributed by atoms with Crippen molar-refractivity contribution >= 4 is 51.9 Å². The quantitative estimate of drug-likeness (QED) is 0.197. The van der Waals surface area contributed by atoms with Gasteiger partial charge in [0.05, 0.1) is 23.1 Å². The first-order valence-electron chi connectivity index (χ1n) is 12.3. The molecule has 0 N–H and O–H groups in total. The maximum Gasteiger partial charge on any atom is 0.317 e. The van der Waals surface area contributed by atoms with Gasteiger partial charge in [-0.1, -0.05) is 42.2 Å². The minimum Gasteiger partial charge on any atom is -0.493 e. The fraction of sp³-hybridized carbons (Fsp3) is 0.393. The van der Waals surface area contributed by atoms with E-state index in [4.69, 9.17) is 21.7 Å². The van der Waals surface area contributed by atoms with Crippen molar-refractivity contribution < 1.29 is 23.5 Å². The molecule has 2 aromatic carbocycles. The summed E-state index contributed by atoms with van der Waals surface area (Å²) < 4.78 is 26.0. The lowest BCUT2D eigenvalue weighted by Crippen LogP contribution is -2.51. The molecule has 5 fully saturated rings. The maximum absolute atomic E-state index is 14.3. The van der Waals surface area contributed by atoms with Crippen LogP contribution in [0.1, 0.15) is 44.1 Å². The molecule has 1 saturated heterocycles. The number of carbonyl (C=O) groups excluding carboxylic acids is 2. The molecular weight excluding hydrogens is 497 g/mol. The first-order chi connectivity index (χ1) is 17.3. The van der Waals surface area contributed by atoms with Gasteiger partial charge in [0, 0.05) is 0 Å². The Labute approximate surface area is 219 Å². The summed E-state index contributed by atoms with van der Waals surface area (Å²) in [5.74, 6) is 1.72. The number of benzene rings is 2. The minimum atomic E-state index is -0.512. The average Bonchev–Trinajstić information content (AvgIpc) is 3.12. The van der Waals surface area contributed by atoms with Gasteiger partial charge in [0.25, 0.3) is 5.91 Å². The number of thioether (sulfide) groups is 1. The van der Waals surface area contributed by atoms with Crippen molar-refractivity contribution in [3.05, 3.63) is 58.8 Å². The molecule has 1 amide bonds. The molecule has 0 unspecified atom stereocenters. The highest BCUT2D eigenvalue weighted by molar-refractivity contribution is 8.27. The van der Waals surface area contributed by atoms with Crippen LogP contribution < -0.4 is 14.4 Å². The third-order valence-electron chi connectivity index (χ3n) is 8.05.